The molecule has 5 heteroatoms. The molecule has 3 nitrogen and oxygen atoms in total. The smallest absolute Gasteiger partial charge is 0.316 e. The zero-order chi connectivity index (χ0) is 10.2. The molecule has 0 spiro atoms. The highest BCUT2D eigenvalue weighted by atomic mass is 31.2. The highest BCUT2D eigenvalue weighted by Crippen LogP contribution is 2.36. The molecule has 0 aliphatic carbocycles. The number of benzene rings is 1. The van der Waals surface area contributed by atoms with Crippen molar-refractivity contribution in [1.29, 1.82) is 0 Å². The van der Waals surface area contributed by atoms with Crippen LogP contribution in [0.3, 0.4) is 0 Å². The van der Waals surface area contributed by atoms with E-state index in [0.717, 1.165) is 6.42 Å². The maximum Gasteiger partial charge on any atom is 0.332 e. The first-order valence-corrected chi connectivity index (χ1v) is 5.51. The first kappa shape index (κ1) is 14.6. The largest absolute Gasteiger partial charge is 0.332 e. The van der Waals surface area contributed by atoms with Crippen LogP contribution in [0.2, 0.25) is 0 Å². The summed E-state index contributed by atoms with van der Waals surface area (Å²) in [6, 6.07) is 10.2. The molecule has 0 amide bonds. The van der Waals surface area contributed by atoms with Gasteiger partial charge in [0.2, 0.25) is 0 Å². The quantitative estimate of drug-likeness (QED) is 0.549. The zero-order valence-electron chi connectivity index (χ0n) is 9.05. The molecule has 0 saturated carbocycles. The molecule has 1 aromatic rings. The normalized spacial score (nSPS) is 10.1. The molecule has 15 heavy (non-hydrogen) atoms. The Morgan fingerprint density at radius 1 is 1.07 bits per heavy atom. The predicted molar refractivity (Wildman–Crippen MR) is 62.8 cm³/mol. The van der Waals surface area contributed by atoms with Gasteiger partial charge in [0.15, 0.2) is 0 Å². The van der Waals surface area contributed by atoms with Crippen molar-refractivity contribution in [3.63, 3.8) is 0 Å². The summed E-state index contributed by atoms with van der Waals surface area (Å²) < 4.78 is 15.3. The third kappa shape index (κ3) is 5.90. The Morgan fingerprint density at radius 3 is 2.20 bits per heavy atom. The van der Waals surface area contributed by atoms with Gasteiger partial charge in [-0.05, 0) is 12.0 Å². The Labute approximate surface area is 94.3 Å². The van der Waals surface area contributed by atoms with Crippen molar-refractivity contribution in [2.75, 3.05) is 20.8 Å². The van der Waals surface area contributed by atoms with E-state index < -0.39 is 8.60 Å². The van der Waals surface area contributed by atoms with Crippen molar-refractivity contribution in [1.82, 2.24) is 0 Å². The molecule has 0 bridgehead atoms. The lowest BCUT2D eigenvalue weighted by molar-refractivity contribution is 0.208. The van der Waals surface area contributed by atoms with Crippen LogP contribution in [0.5, 0.6) is 0 Å². The van der Waals surface area contributed by atoms with Crippen molar-refractivity contribution < 1.29 is 13.6 Å². The number of hydrogen-bond donors (Lipinski definition) is 0. The minimum atomic E-state index is -1.15. The molecule has 0 aromatic heterocycles. The Morgan fingerprint density at radius 2 is 1.67 bits per heavy atom. The SMILES string of the molecule is COP(OC)OCCc1ccccc1.[B]. The Bertz CT molecular complexity index is 242. The highest BCUT2D eigenvalue weighted by molar-refractivity contribution is 7.41. The highest BCUT2D eigenvalue weighted by Gasteiger charge is 2.06. The summed E-state index contributed by atoms with van der Waals surface area (Å²) >= 11 is 0. The molecule has 0 saturated heterocycles. The third-order valence-electron chi connectivity index (χ3n) is 1.73. The van der Waals surface area contributed by atoms with Gasteiger partial charge >= 0.3 is 8.60 Å². The van der Waals surface area contributed by atoms with E-state index in [1.807, 2.05) is 18.2 Å². The molecule has 0 heterocycles. The van der Waals surface area contributed by atoms with Crippen molar-refractivity contribution >= 4 is 17.0 Å². The summed E-state index contributed by atoms with van der Waals surface area (Å²) in [6.45, 7) is 0.622. The zero-order valence-corrected chi connectivity index (χ0v) is 9.94. The van der Waals surface area contributed by atoms with Gasteiger partial charge in [-0.3, -0.25) is 0 Å². The lowest BCUT2D eigenvalue weighted by Gasteiger charge is -2.11. The molecule has 0 aliphatic rings. The van der Waals surface area contributed by atoms with Gasteiger partial charge in [0.1, 0.15) is 0 Å². The van der Waals surface area contributed by atoms with Gasteiger partial charge in [0.25, 0.3) is 0 Å². The summed E-state index contributed by atoms with van der Waals surface area (Å²) in [5, 5.41) is 0. The molecule has 0 N–H and O–H groups in total. The van der Waals surface area contributed by atoms with Crippen LogP contribution in [0.15, 0.2) is 30.3 Å². The fourth-order valence-corrected chi connectivity index (χ4v) is 1.66. The lowest BCUT2D eigenvalue weighted by atomic mass is 10.2. The van der Waals surface area contributed by atoms with Crippen LogP contribution in [-0.2, 0) is 20.0 Å². The van der Waals surface area contributed by atoms with Crippen molar-refractivity contribution in [3.8, 4) is 0 Å². The van der Waals surface area contributed by atoms with Gasteiger partial charge in [-0.1, -0.05) is 30.3 Å². The maximum absolute atomic E-state index is 5.36. The average molecular weight is 225 g/mol. The van der Waals surface area contributed by atoms with E-state index >= 15 is 0 Å². The van der Waals surface area contributed by atoms with Crippen LogP contribution in [0.25, 0.3) is 0 Å². The molecular formula is C10H15BO3P. The van der Waals surface area contributed by atoms with E-state index in [0.29, 0.717) is 6.61 Å². The van der Waals surface area contributed by atoms with Crippen molar-refractivity contribution in [2.45, 2.75) is 6.42 Å². The van der Waals surface area contributed by atoms with Gasteiger partial charge in [0, 0.05) is 22.6 Å². The molecule has 3 radical (unpaired) electrons. The van der Waals surface area contributed by atoms with Crippen LogP contribution < -0.4 is 0 Å². The van der Waals surface area contributed by atoms with Crippen LogP contribution >= 0.6 is 8.60 Å². The Kier molecular flexibility index (Phi) is 8.63. The average Bonchev–Trinajstić information content (AvgIpc) is 2.26. The second kappa shape index (κ2) is 8.87. The predicted octanol–water partition coefficient (Wildman–Crippen LogP) is 2.38. The van der Waals surface area contributed by atoms with Crippen LogP contribution in [0.1, 0.15) is 5.56 Å². The fraction of sp³-hybridized carbons (Fsp3) is 0.400. The molecule has 81 valence electrons. The van der Waals surface area contributed by atoms with Gasteiger partial charge in [-0.2, -0.15) is 0 Å². The van der Waals surface area contributed by atoms with Gasteiger partial charge in [-0.15, -0.1) is 0 Å². The molecule has 0 fully saturated rings. The van der Waals surface area contributed by atoms with E-state index in [-0.39, 0.29) is 8.41 Å². The molecule has 0 aliphatic heterocycles. The molecular weight excluding hydrogens is 210 g/mol. The van der Waals surface area contributed by atoms with Crippen molar-refractivity contribution in [3.05, 3.63) is 35.9 Å². The van der Waals surface area contributed by atoms with Crippen LogP contribution in [0.4, 0.5) is 0 Å². The lowest BCUT2D eigenvalue weighted by Crippen LogP contribution is -1.96. The van der Waals surface area contributed by atoms with E-state index in [2.05, 4.69) is 12.1 Å². The third-order valence-corrected chi connectivity index (χ3v) is 2.72. The van der Waals surface area contributed by atoms with Gasteiger partial charge in [0.05, 0.1) is 6.61 Å². The summed E-state index contributed by atoms with van der Waals surface area (Å²) in [5.41, 5.74) is 1.26. The second-order valence-electron chi connectivity index (χ2n) is 2.66. The standard InChI is InChI=1S/C10H15O3P.B/c1-11-14(12-2)13-9-8-10-6-4-3-5-7-10;/h3-7H,8-9H2,1-2H3;. The van der Waals surface area contributed by atoms with Gasteiger partial charge < -0.3 is 13.6 Å². The molecule has 0 unspecified atom stereocenters. The summed E-state index contributed by atoms with van der Waals surface area (Å²) in [6.07, 6.45) is 0.881. The van der Waals surface area contributed by atoms with E-state index in [1.54, 1.807) is 14.2 Å². The first-order chi connectivity index (χ1) is 6.86. The van der Waals surface area contributed by atoms with E-state index in [1.165, 1.54) is 5.56 Å². The second-order valence-corrected chi connectivity index (χ2v) is 4.09. The Balaban J connectivity index is 0.00000196. The fourth-order valence-electron chi connectivity index (χ4n) is 1.06. The van der Waals surface area contributed by atoms with Crippen LogP contribution in [-0.4, -0.2) is 29.2 Å². The van der Waals surface area contributed by atoms with E-state index in [9.17, 15) is 0 Å². The summed E-state index contributed by atoms with van der Waals surface area (Å²) in [5.74, 6) is 0. The molecule has 1 aromatic carbocycles. The molecule has 0 atom stereocenters. The first-order valence-electron chi connectivity index (χ1n) is 4.42. The summed E-state index contributed by atoms with van der Waals surface area (Å²) in [4.78, 5) is 0. The van der Waals surface area contributed by atoms with E-state index in [4.69, 9.17) is 13.6 Å². The minimum absolute atomic E-state index is 0. The van der Waals surface area contributed by atoms with Crippen LogP contribution in [0, 0.1) is 0 Å². The minimum Gasteiger partial charge on any atom is -0.316 e. The van der Waals surface area contributed by atoms with Crippen molar-refractivity contribution in [2.24, 2.45) is 0 Å². The van der Waals surface area contributed by atoms with Gasteiger partial charge in [-0.25, -0.2) is 0 Å². The monoisotopic (exact) mass is 225 g/mol. The summed E-state index contributed by atoms with van der Waals surface area (Å²) in [7, 11) is 2.01. The topological polar surface area (TPSA) is 27.7 Å². The molecule has 1 rings (SSSR count). The number of hydrogen-bond acceptors (Lipinski definition) is 3. The Hall–Kier alpha value is -0.405. The maximum atomic E-state index is 5.36. The number of rotatable bonds is 6.